The lowest BCUT2D eigenvalue weighted by atomic mass is 10.0. The monoisotopic (exact) mass is 417 g/mol. The topological polar surface area (TPSA) is 90.0 Å². The number of cyclic esters (lactones) is 1. The molecule has 0 saturated carbocycles. The summed E-state index contributed by atoms with van der Waals surface area (Å²) < 4.78 is 37.0. The summed E-state index contributed by atoms with van der Waals surface area (Å²) in [5.41, 5.74) is 1.92. The summed E-state index contributed by atoms with van der Waals surface area (Å²) in [7, 11) is -2.95. The van der Waals surface area contributed by atoms with E-state index in [1.54, 1.807) is 12.1 Å². The van der Waals surface area contributed by atoms with Gasteiger partial charge < -0.3 is 9.47 Å². The van der Waals surface area contributed by atoms with Crippen LogP contribution in [0.3, 0.4) is 0 Å². The first kappa shape index (κ1) is 20.9. The van der Waals surface area contributed by atoms with Crippen LogP contribution in [0.4, 0.5) is 4.79 Å². The van der Waals surface area contributed by atoms with E-state index in [0.29, 0.717) is 17.1 Å². The Hall–Kier alpha value is -2.87. The third-order valence-electron chi connectivity index (χ3n) is 4.90. The molecule has 0 radical (unpaired) electrons. The zero-order valence-electron chi connectivity index (χ0n) is 16.3. The van der Waals surface area contributed by atoms with Gasteiger partial charge in [-0.25, -0.2) is 13.2 Å². The van der Waals surface area contributed by atoms with Crippen molar-refractivity contribution in [2.24, 2.45) is 0 Å². The van der Waals surface area contributed by atoms with Gasteiger partial charge in [0.1, 0.15) is 6.10 Å². The summed E-state index contributed by atoms with van der Waals surface area (Å²) in [6, 6.07) is 14.8. The molecule has 1 saturated heterocycles. The van der Waals surface area contributed by atoms with Gasteiger partial charge in [-0.15, -0.1) is 0 Å². The molecule has 8 heteroatoms. The van der Waals surface area contributed by atoms with Crippen molar-refractivity contribution >= 4 is 22.1 Å². The summed E-state index contributed by atoms with van der Waals surface area (Å²) >= 11 is 0. The van der Waals surface area contributed by atoms with E-state index < -0.39 is 34.2 Å². The molecule has 0 spiro atoms. The molecule has 29 heavy (non-hydrogen) atoms. The van der Waals surface area contributed by atoms with Crippen LogP contribution in [0.15, 0.2) is 59.5 Å². The van der Waals surface area contributed by atoms with E-state index in [2.05, 4.69) is 0 Å². The third kappa shape index (κ3) is 4.59. The zero-order chi connectivity index (χ0) is 21.0. The number of methoxy groups -OCH3 is 1. The largest absolute Gasteiger partial charge is 0.469 e. The van der Waals surface area contributed by atoms with Gasteiger partial charge >= 0.3 is 12.1 Å². The highest BCUT2D eigenvalue weighted by atomic mass is 32.2. The van der Waals surface area contributed by atoms with Crippen LogP contribution in [-0.4, -0.2) is 44.0 Å². The number of aryl methyl sites for hydroxylation is 2. The minimum atomic E-state index is -4.17. The Labute approximate surface area is 170 Å². The SMILES string of the molecule is COC(=O)CC1C(CCc2ccccc2)OC(=O)N1S(=O)(=O)c1ccc(C)cc1. The van der Waals surface area contributed by atoms with Gasteiger partial charge in [0.2, 0.25) is 0 Å². The molecule has 3 rings (SSSR count). The Morgan fingerprint density at radius 3 is 2.38 bits per heavy atom. The summed E-state index contributed by atoms with van der Waals surface area (Å²) in [5.74, 6) is -0.609. The van der Waals surface area contributed by atoms with Crippen LogP contribution in [0.1, 0.15) is 24.0 Å². The predicted molar refractivity (Wildman–Crippen MR) is 106 cm³/mol. The standard InChI is InChI=1S/C21H23NO6S/c1-15-8-11-17(12-9-15)29(25,26)22-18(14-20(23)27-2)19(28-21(22)24)13-10-16-6-4-3-5-7-16/h3-9,11-12,18-19H,10,13-14H2,1-2H3. The Kier molecular flexibility index (Phi) is 6.22. The van der Waals surface area contributed by atoms with Gasteiger partial charge in [-0.05, 0) is 37.5 Å². The Balaban J connectivity index is 1.88. The van der Waals surface area contributed by atoms with Crippen molar-refractivity contribution in [3.8, 4) is 0 Å². The summed E-state index contributed by atoms with van der Waals surface area (Å²) in [5, 5.41) is 0. The van der Waals surface area contributed by atoms with E-state index in [-0.39, 0.29) is 11.3 Å². The van der Waals surface area contributed by atoms with E-state index in [9.17, 15) is 18.0 Å². The molecule has 1 amide bonds. The highest BCUT2D eigenvalue weighted by Gasteiger charge is 2.49. The Morgan fingerprint density at radius 2 is 1.76 bits per heavy atom. The van der Waals surface area contributed by atoms with Crippen LogP contribution >= 0.6 is 0 Å². The third-order valence-corrected chi connectivity index (χ3v) is 6.71. The van der Waals surface area contributed by atoms with Crippen LogP contribution in [0.2, 0.25) is 0 Å². The van der Waals surface area contributed by atoms with E-state index in [1.165, 1.54) is 19.2 Å². The second-order valence-corrected chi connectivity index (χ2v) is 8.72. The maximum Gasteiger partial charge on any atom is 0.424 e. The molecule has 0 N–H and O–H groups in total. The number of nitrogens with zero attached hydrogens (tertiary/aromatic N) is 1. The lowest BCUT2D eigenvalue weighted by Crippen LogP contribution is -2.42. The molecule has 1 aliphatic heterocycles. The number of ether oxygens (including phenoxy) is 2. The first-order chi connectivity index (χ1) is 13.8. The van der Waals surface area contributed by atoms with Crippen molar-refractivity contribution in [2.75, 3.05) is 7.11 Å². The average Bonchev–Trinajstić information content (AvgIpc) is 3.03. The smallest absolute Gasteiger partial charge is 0.424 e. The molecule has 0 aliphatic carbocycles. The molecule has 2 atom stereocenters. The maximum absolute atomic E-state index is 13.1. The Morgan fingerprint density at radius 1 is 1.10 bits per heavy atom. The molecule has 2 aromatic carbocycles. The van der Waals surface area contributed by atoms with E-state index >= 15 is 0 Å². The first-order valence-corrected chi connectivity index (χ1v) is 10.7. The first-order valence-electron chi connectivity index (χ1n) is 9.25. The van der Waals surface area contributed by atoms with Crippen molar-refractivity contribution in [1.82, 2.24) is 4.31 Å². The van der Waals surface area contributed by atoms with Crippen LogP contribution in [0.25, 0.3) is 0 Å². The van der Waals surface area contributed by atoms with Gasteiger partial charge in [-0.1, -0.05) is 48.0 Å². The fraction of sp³-hybridized carbons (Fsp3) is 0.333. The van der Waals surface area contributed by atoms with Gasteiger partial charge in [0.25, 0.3) is 10.0 Å². The van der Waals surface area contributed by atoms with Crippen molar-refractivity contribution in [2.45, 2.75) is 43.2 Å². The number of carbonyl (C=O) groups excluding carboxylic acids is 2. The van der Waals surface area contributed by atoms with Gasteiger partial charge in [0.05, 0.1) is 24.5 Å². The normalized spacial score (nSPS) is 19.1. The number of benzene rings is 2. The highest BCUT2D eigenvalue weighted by Crippen LogP contribution is 2.32. The van der Waals surface area contributed by atoms with Crippen LogP contribution in [0, 0.1) is 6.92 Å². The summed E-state index contributed by atoms with van der Waals surface area (Å²) in [6.45, 7) is 1.83. The quantitative estimate of drug-likeness (QED) is 0.643. The maximum atomic E-state index is 13.1. The fourth-order valence-electron chi connectivity index (χ4n) is 3.32. The number of rotatable bonds is 7. The lowest BCUT2D eigenvalue weighted by Gasteiger charge is -2.23. The van der Waals surface area contributed by atoms with E-state index in [1.807, 2.05) is 37.3 Å². The molecule has 0 bridgehead atoms. The van der Waals surface area contributed by atoms with Crippen LogP contribution in [-0.2, 0) is 30.7 Å². The van der Waals surface area contributed by atoms with Crippen molar-refractivity contribution < 1.29 is 27.5 Å². The molecule has 7 nitrogen and oxygen atoms in total. The fourth-order valence-corrected chi connectivity index (χ4v) is 4.83. The molecule has 2 unspecified atom stereocenters. The lowest BCUT2D eigenvalue weighted by molar-refractivity contribution is -0.141. The number of carbonyl (C=O) groups is 2. The van der Waals surface area contributed by atoms with Gasteiger partial charge in [0, 0.05) is 0 Å². The number of amides is 1. The van der Waals surface area contributed by atoms with Crippen LogP contribution in [0.5, 0.6) is 0 Å². The second-order valence-electron chi connectivity index (χ2n) is 6.91. The minimum Gasteiger partial charge on any atom is -0.469 e. The summed E-state index contributed by atoms with van der Waals surface area (Å²) in [6.07, 6.45) is -1.03. The minimum absolute atomic E-state index is 0.0291. The molecule has 1 heterocycles. The number of esters is 1. The molecule has 154 valence electrons. The second kappa shape index (κ2) is 8.65. The van der Waals surface area contributed by atoms with Gasteiger partial charge in [-0.3, -0.25) is 4.79 Å². The average molecular weight is 417 g/mol. The van der Waals surface area contributed by atoms with Crippen molar-refractivity contribution in [1.29, 1.82) is 0 Å². The molecule has 0 aromatic heterocycles. The van der Waals surface area contributed by atoms with Crippen LogP contribution < -0.4 is 0 Å². The molecule has 1 aliphatic rings. The number of sulfonamides is 1. The molecule has 1 fully saturated rings. The highest BCUT2D eigenvalue weighted by molar-refractivity contribution is 7.89. The molecule has 2 aromatic rings. The summed E-state index contributed by atoms with van der Waals surface area (Å²) in [4.78, 5) is 24.4. The van der Waals surface area contributed by atoms with E-state index in [0.717, 1.165) is 11.1 Å². The molecular weight excluding hydrogens is 394 g/mol. The predicted octanol–water partition coefficient (Wildman–Crippen LogP) is 3.07. The zero-order valence-corrected chi connectivity index (χ0v) is 17.1. The van der Waals surface area contributed by atoms with Gasteiger partial charge in [0.15, 0.2) is 0 Å². The Bertz CT molecular complexity index is 972. The van der Waals surface area contributed by atoms with Crippen molar-refractivity contribution in [3.63, 3.8) is 0 Å². The number of hydrogen-bond acceptors (Lipinski definition) is 6. The molecular formula is C21H23NO6S. The van der Waals surface area contributed by atoms with Gasteiger partial charge in [-0.2, -0.15) is 4.31 Å². The number of hydrogen-bond donors (Lipinski definition) is 0. The van der Waals surface area contributed by atoms with E-state index in [4.69, 9.17) is 9.47 Å². The van der Waals surface area contributed by atoms with Crippen molar-refractivity contribution in [3.05, 3.63) is 65.7 Å².